The highest BCUT2D eigenvalue weighted by atomic mass is 16.4. The summed E-state index contributed by atoms with van der Waals surface area (Å²) >= 11 is 0. The zero-order valence-electron chi connectivity index (χ0n) is 10.2. The number of carbonyl (C=O) groups is 2. The number of nitrogens with zero attached hydrogens (tertiary/aromatic N) is 1. The highest BCUT2D eigenvalue weighted by Gasteiger charge is 2.33. The SMILES string of the molecule is CC1(C)Cc2cc(C=CC(=O)O)cnc2NC1=O. The molecule has 0 aromatic carbocycles. The Balaban J connectivity index is 2.33. The number of nitrogens with one attached hydrogen (secondary N) is 1. The fraction of sp³-hybridized carbons (Fsp3) is 0.308. The first-order chi connectivity index (χ1) is 8.38. The maximum atomic E-state index is 11.7. The van der Waals surface area contributed by atoms with E-state index in [0.717, 1.165) is 11.6 Å². The van der Waals surface area contributed by atoms with Crippen molar-refractivity contribution < 1.29 is 14.7 Å². The number of amides is 1. The number of fused-ring (bicyclic) bond motifs is 1. The first-order valence-electron chi connectivity index (χ1n) is 5.60. The molecule has 2 N–H and O–H groups in total. The van der Waals surface area contributed by atoms with E-state index < -0.39 is 11.4 Å². The van der Waals surface area contributed by atoms with Crippen LogP contribution in [0.2, 0.25) is 0 Å². The van der Waals surface area contributed by atoms with E-state index in [-0.39, 0.29) is 5.91 Å². The average molecular weight is 246 g/mol. The lowest BCUT2D eigenvalue weighted by atomic mass is 9.82. The van der Waals surface area contributed by atoms with Crippen LogP contribution >= 0.6 is 0 Å². The van der Waals surface area contributed by atoms with E-state index in [4.69, 9.17) is 5.11 Å². The number of aliphatic carboxylic acids is 1. The van der Waals surface area contributed by atoms with Crippen molar-refractivity contribution in [1.29, 1.82) is 0 Å². The van der Waals surface area contributed by atoms with Crippen LogP contribution in [0.25, 0.3) is 6.08 Å². The molecule has 0 bridgehead atoms. The second kappa shape index (κ2) is 4.25. The lowest BCUT2D eigenvalue weighted by Gasteiger charge is -2.29. The van der Waals surface area contributed by atoms with E-state index >= 15 is 0 Å². The topological polar surface area (TPSA) is 79.3 Å². The largest absolute Gasteiger partial charge is 0.478 e. The quantitative estimate of drug-likeness (QED) is 0.778. The number of pyridine rings is 1. The van der Waals surface area contributed by atoms with Crippen LogP contribution < -0.4 is 5.32 Å². The molecule has 0 fully saturated rings. The number of carboxylic acids is 1. The molecule has 1 aliphatic heterocycles. The van der Waals surface area contributed by atoms with Crippen molar-refractivity contribution in [1.82, 2.24) is 4.98 Å². The summed E-state index contributed by atoms with van der Waals surface area (Å²) in [5, 5.41) is 11.3. The molecule has 0 spiro atoms. The van der Waals surface area contributed by atoms with Gasteiger partial charge in [-0.1, -0.05) is 13.8 Å². The van der Waals surface area contributed by atoms with Gasteiger partial charge in [0.25, 0.3) is 0 Å². The molecule has 0 radical (unpaired) electrons. The lowest BCUT2D eigenvalue weighted by molar-refractivity contribution is -0.131. The molecule has 2 heterocycles. The number of anilines is 1. The third-order valence-electron chi connectivity index (χ3n) is 2.89. The van der Waals surface area contributed by atoms with E-state index in [1.165, 1.54) is 12.3 Å². The molecule has 1 aromatic heterocycles. The van der Waals surface area contributed by atoms with Gasteiger partial charge in [-0.2, -0.15) is 0 Å². The molecule has 18 heavy (non-hydrogen) atoms. The lowest BCUT2D eigenvalue weighted by Crippen LogP contribution is -2.37. The molecule has 0 atom stereocenters. The molecular formula is C13H14N2O3. The number of hydrogen-bond donors (Lipinski definition) is 2. The first kappa shape index (κ1) is 12.3. The third kappa shape index (κ3) is 2.40. The minimum absolute atomic E-state index is 0.0451. The summed E-state index contributed by atoms with van der Waals surface area (Å²) in [6, 6.07) is 1.85. The van der Waals surface area contributed by atoms with Crippen LogP contribution in [0.4, 0.5) is 5.82 Å². The molecule has 0 aliphatic carbocycles. The van der Waals surface area contributed by atoms with E-state index in [9.17, 15) is 9.59 Å². The van der Waals surface area contributed by atoms with Crippen molar-refractivity contribution >= 4 is 23.8 Å². The number of carboxylic acid groups (broad SMARTS) is 1. The Kier molecular flexibility index (Phi) is 2.90. The molecule has 5 heteroatoms. The predicted molar refractivity (Wildman–Crippen MR) is 67.0 cm³/mol. The van der Waals surface area contributed by atoms with Crippen LogP contribution in [0.15, 0.2) is 18.3 Å². The smallest absolute Gasteiger partial charge is 0.328 e. The Morgan fingerprint density at radius 1 is 1.56 bits per heavy atom. The van der Waals surface area contributed by atoms with Crippen molar-refractivity contribution in [2.75, 3.05) is 5.32 Å². The van der Waals surface area contributed by atoms with Gasteiger partial charge >= 0.3 is 5.97 Å². The van der Waals surface area contributed by atoms with Crippen molar-refractivity contribution in [2.24, 2.45) is 5.41 Å². The van der Waals surface area contributed by atoms with E-state index in [1.54, 1.807) is 0 Å². The molecule has 1 amide bonds. The minimum Gasteiger partial charge on any atom is -0.478 e. The van der Waals surface area contributed by atoms with E-state index in [2.05, 4.69) is 10.3 Å². The Morgan fingerprint density at radius 2 is 2.28 bits per heavy atom. The molecule has 2 rings (SSSR count). The maximum absolute atomic E-state index is 11.7. The standard InChI is InChI=1S/C13H14N2O3/c1-13(2)6-9-5-8(3-4-10(16)17)7-14-11(9)15-12(13)18/h3-5,7H,6H2,1-2H3,(H,16,17)(H,14,15,18). The molecule has 0 saturated heterocycles. The predicted octanol–water partition coefficient (Wildman–Crippen LogP) is 1.70. The minimum atomic E-state index is -0.999. The monoisotopic (exact) mass is 246 g/mol. The zero-order valence-corrected chi connectivity index (χ0v) is 10.2. The summed E-state index contributed by atoms with van der Waals surface area (Å²) in [5.41, 5.74) is 1.17. The number of aromatic nitrogens is 1. The zero-order chi connectivity index (χ0) is 13.3. The average Bonchev–Trinajstić information content (AvgIpc) is 2.27. The first-order valence-corrected chi connectivity index (χ1v) is 5.60. The Bertz CT molecular complexity index is 547. The van der Waals surface area contributed by atoms with Crippen LogP contribution in [0.1, 0.15) is 25.0 Å². The maximum Gasteiger partial charge on any atom is 0.328 e. The van der Waals surface area contributed by atoms with Gasteiger partial charge in [-0.05, 0) is 29.7 Å². The van der Waals surface area contributed by atoms with Crippen molar-refractivity contribution in [3.8, 4) is 0 Å². The molecule has 0 saturated carbocycles. The fourth-order valence-electron chi connectivity index (χ4n) is 1.87. The van der Waals surface area contributed by atoms with Crippen molar-refractivity contribution in [2.45, 2.75) is 20.3 Å². The van der Waals surface area contributed by atoms with Crippen LogP contribution in [0.3, 0.4) is 0 Å². The van der Waals surface area contributed by atoms with Gasteiger partial charge in [-0.25, -0.2) is 9.78 Å². The van der Waals surface area contributed by atoms with Gasteiger partial charge < -0.3 is 10.4 Å². The molecule has 1 aliphatic rings. The third-order valence-corrected chi connectivity index (χ3v) is 2.89. The molecule has 94 valence electrons. The fourth-order valence-corrected chi connectivity index (χ4v) is 1.87. The second-order valence-electron chi connectivity index (χ2n) is 4.96. The summed E-state index contributed by atoms with van der Waals surface area (Å²) in [5.74, 6) is -0.482. The summed E-state index contributed by atoms with van der Waals surface area (Å²) in [7, 11) is 0. The van der Waals surface area contributed by atoms with Gasteiger partial charge in [0.1, 0.15) is 5.82 Å². The van der Waals surface area contributed by atoms with Gasteiger partial charge in [0.2, 0.25) is 5.91 Å². The van der Waals surface area contributed by atoms with Crippen LogP contribution in [0, 0.1) is 5.41 Å². The number of carbonyl (C=O) groups excluding carboxylic acids is 1. The number of hydrogen-bond acceptors (Lipinski definition) is 3. The highest BCUT2D eigenvalue weighted by Crippen LogP contribution is 2.32. The van der Waals surface area contributed by atoms with Crippen molar-refractivity contribution in [3.63, 3.8) is 0 Å². The van der Waals surface area contributed by atoms with Gasteiger partial charge in [0.15, 0.2) is 0 Å². The van der Waals surface area contributed by atoms with Gasteiger partial charge in [-0.15, -0.1) is 0 Å². The molecule has 5 nitrogen and oxygen atoms in total. The summed E-state index contributed by atoms with van der Waals surface area (Å²) in [4.78, 5) is 26.3. The van der Waals surface area contributed by atoms with Crippen LogP contribution in [-0.4, -0.2) is 22.0 Å². The molecule has 1 aromatic rings. The van der Waals surface area contributed by atoms with Gasteiger partial charge in [0.05, 0.1) is 0 Å². The summed E-state index contributed by atoms with van der Waals surface area (Å²) < 4.78 is 0. The Morgan fingerprint density at radius 3 is 2.94 bits per heavy atom. The Labute approximate surface area is 105 Å². The summed E-state index contributed by atoms with van der Waals surface area (Å²) in [6.07, 6.45) is 4.68. The second-order valence-corrected chi connectivity index (χ2v) is 4.96. The molecule has 0 unspecified atom stereocenters. The Hall–Kier alpha value is -2.17. The molecular weight excluding hydrogens is 232 g/mol. The number of rotatable bonds is 2. The normalized spacial score (nSPS) is 17.3. The van der Waals surface area contributed by atoms with E-state index in [0.29, 0.717) is 17.8 Å². The van der Waals surface area contributed by atoms with Crippen molar-refractivity contribution in [3.05, 3.63) is 29.5 Å². The van der Waals surface area contributed by atoms with Gasteiger partial charge in [0, 0.05) is 17.7 Å². The van der Waals surface area contributed by atoms with Crippen LogP contribution in [0.5, 0.6) is 0 Å². The highest BCUT2D eigenvalue weighted by molar-refractivity contribution is 5.97. The van der Waals surface area contributed by atoms with Gasteiger partial charge in [-0.3, -0.25) is 4.79 Å². The van der Waals surface area contributed by atoms with E-state index in [1.807, 2.05) is 19.9 Å². The summed E-state index contributed by atoms with van der Waals surface area (Å²) in [6.45, 7) is 3.73. The van der Waals surface area contributed by atoms with Crippen LogP contribution in [-0.2, 0) is 16.0 Å².